The maximum atomic E-state index is 13.4. The number of aliphatic hydroxyl groups is 1. The van der Waals surface area contributed by atoms with Gasteiger partial charge in [0.25, 0.3) is 0 Å². The molecule has 2 rings (SSSR count). The minimum absolute atomic E-state index is 0.0664. The number of halogens is 2. The summed E-state index contributed by atoms with van der Waals surface area (Å²) in [6.45, 7) is 0. The average Bonchev–Trinajstić information content (AvgIpc) is 2.68. The molecule has 90 valence electrons. The lowest BCUT2D eigenvalue weighted by Gasteiger charge is -2.11. The monoisotopic (exact) mass is 238 g/mol. The van der Waals surface area contributed by atoms with E-state index < -0.39 is 17.7 Å². The third-order valence-electron chi connectivity index (χ3n) is 2.58. The molecule has 0 aliphatic rings. The number of aryl methyl sites for hydroxylation is 1. The second-order valence-electron chi connectivity index (χ2n) is 3.85. The Kier molecular flexibility index (Phi) is 3.19. The molecule has 3 nitrogen and oxygen atoms in total. The van der Waals surface area contributed by atoms with Crippen molar-refractivity contribution >= 4 is 0 Å². The first-order valence-corrected chi connectivity index (χ1v) is 5.17. The lowest BCUT2D eigenvalue weighted by molar-refractivity contribution is 0.163. The van der Waals surface area contributed by atoms with Crippen molar-refractivity contribution in [2.45, 2.75) is 12.5 Å². The fraction of sp³-hybridized carbons (Fsp3) is 0.250. The second-order valence-corrected chi connectivity index (χ2v) is 3.85. The highest BCUT2D eigenvalue weighted by atomic mass is 19.1. The van der Waals surface area contributed by atoms with Gasteiger partial charge in [-0.05, 0) is 11.6 Å². The van der Waals surface area contributed by atoms with E-state index in [1.807, 2.05) is 0 Å². The third-order valence-corrected chi connectivity index (χ3v) is 2.58. The maximum absolute atomic E-state index is 13.4. The standard InChI is InChI=1S/C12H12F2N2O/c1-16-5-4-15-12(16)11(17)6-8-2-3-9(13)7-10(8)14/h2-5,7,11,17H,6H2,1H3. The fourth-order valence-corrected chi connectivity index (χ4v) is 1.69. The van der Waals surface area contributed by atoms with Crippen LogP contribution in [0.15, 0.2) is 30.6 Å². The van der Waals surface area contributed by atoms with E-state index in [2.05, 4.69) is 4.98 Å². The molecule has 2 aromatic rings. The van der Waals surface area contributed by atoms with E-state index in [1.165, 1.54) is 12.1 Å². The van der Waals surface area contributed by atoms with Crippen LogP contribution in [-0.2, 0) is 13.5 Å². The van der Waals surface area contributed by atoms with Gasteiger partial charge in [-0.3, -0.25) is 0 Å². The molecule has 1 heterocycles. The van der Waals surface area contributed by atoms with Gasteiger partial charge in [0.1, 0.15) is 23.6 Å². The Morgan fingerprint density at radius 2 is 2.18 bits per heavy atom. The van der Waals surface area contributed by atoms with Crippen LogP contribution in [-0.4, -0.2) is 14.7 Å². The van der Waals surface area contributed by atoms with Crippen LogP contribution in [0.2, 0.25) is 0 Å². The minimum atomic E-state index is -0.907. The predicted molar refractivity (Wildman–Crippen MR) is 58.2 cm³/mol. The van der Waals surface area contributed by atoms with Gasteiger partial charge in [-0.15, -0.1) is 0 Å². The Morgan fingerprint density at radius 1 is 1.41 bits per heavy atom. The van der Waals surface area contributed by atoms with Crippen LogP contribution in [0.4, 0.5) is 8.78 Å². The third kappa shape index (κ3) is 2.50. The quantitative estimate of drug-likeness (QED) is 0.887. The Bertz CT molecular complexity index is 525. The van der Waals surface area contributed by atoms with E-state index in [1.54, 1.807) is 24.0 Å². The summed E-state index contributed by atoms with van der Waals surface area (Å²) in [5.41, 5.74) is 0.266. The van der Waals surface area contributed by atoms with Crippen LogP contribution < -0.4 is 0 Å². The van der Waals surface area contributed by atoms with Crippen molar-refractivity contribution in [3.05, 3.63) is 53.6 Å². The molecule has 0 aliphatic carbocycles. The topological polar surface area (TPSA) is 38.0 Å². The lowest BCUT2D eigenvalue weighted by Crippen LogP contribution is -2.09. The van der Waals surface area contributed by atoms with Gasteiger partial charge in [0.15, 0.2) is 0 Å². The molecule has 0 spiro atoms. The molecule has 17 heavy (non-hydrogen) atoms. The zero-order chi connectivity index (χ0) is 12.4. The largest absolute Gasteiger partial charge is 0.385 e. The van der Waals surface area contributed by atoms with Crippen molar-refractivity contribution < 1.29 is 13.9 Å². The molecule has 0 radical (unpaired) electrons. The van der Waals surface area contributed by atoms with Crippen LogP contribution >= 0.6 is 0 Å². The summed E-state index contributed by atoms with van der Waals surface area (Å²) < 4.78 is 27.7. The number of aromatic nitrogens is 2. The van der Waals surface area contributed by atoms with Crippen LogP contribution in [0.1, 0.15) is 17.5 Å². The molecule has 0 bridgehead atoms. The molecule has 5 heteroatoms. The van der Waals surface area contributed by atoms with Gasteiger partial charge in [-0.25, -0.2) is 13.8 Å². The van der Waals surface area contributed by atoms with E-state index in [9.17, 15) is 13.9 Å². The first kappa shape index (κ1) is 11.7. The molecule has 1 aromatic carbocycles. The fourth-order valence-electron chi connectivity index (χ4n) is 1.69. The summed E-state index contributed by atoms with van der Waals surface area (Å²) in [7, 11) is 1.74. The predicted octanol–water partition coefficient (Wildman–Crippen LogP) is 1.97. The summed E-state index contributed by atoms with van der Waals surface area (Å²) in [6, 6.07) is 3.31. The molecular formula is C12H12F2N2O. The molecule has 0 saturated heterocycles. The first-order valence-electron chi connectivity index (χ1n) is 5.17. The van der Waals surface area contributed by atoms with Crippen molar-refractivity contribution in [2.24, 2.45) is 7.05 Å². The van der Waals surface area contributed by atoms with E-state index in [0.29, 0.717) is 5.82 Å². The van der Waals surface area contributed by atoms with Crippen molar-refractivity contribution in [2.75, 3.05) is 0 Å². The number of hydrogen-bond acceptors (Lipinski definition) is 2. The van der Waals surface area contributed by atoms with Crippen molar-refractivity contribution in [3.8, 4) is 0 Å². The zero-order valence-electron chi connectivity index (χ0n) is 9.27. The summed E-state index contributed by atoms with van der Waals surface area (Å²) in [6.07, 6.45) is 2.41. The van der Waals surface area contributed by atoms with Crippen molar-refractivity contribution in [3.63, 3.8) is 0 Å². The normalized spacial score (nSPS) is 12.7. The maximum Gasteiger partial charge on any atom is 0.137 e. The Balaban J connectivity index is 2.19. The summed E-state index contributed by atoms with van der Waals surface area (Å²) >= 11 is 0. The Morgan fingerprint density at radius 3 is 2.76 bits per heavy atom. The minimum Gasteiger partial charge on any atom is -0.385 e. The van der Waals surface area contributed by atoms with Gasteiger partial charge in [0, 0.05) is 31.9 Å². The van der Waals surface area contributed by atoms with Crippen molar-refractivity contribution in [1.29, 1.82) is 0 Å². The molecule has 0 aliphatic heterocycles. The van der Waals surface area contributed by atoms with Crippen LogP contribution in [0.25, 0.3) is 0 Å². The molecule has 1 N–H and O–H groups in total. The molecule has 0 amide bonds. The molecular weight excluding hydrogens is 226 g/mol. The molecule has 1 aromatic heterocycles. The highest BCUT2D eigenvalue weighted by Gasteiger charge is 2.15. The second kappa shape index (κ2) is 4.63. The van der Waals surface area contributed by atoms with E-state index >= 15 is 0 Å². The molecule has 0 fully saturated rings. The molecule has 0 saturated carbocycles. The van der Waals surface area contributed by atoms with Gasteiger partial charge >= 0.3 is 0 Å². The van der Waals surface area contributed by atoms with Gasteiger partial charge < -0.3 is 9.67 Å². The zero-order valence-corrected chi connectivity index (χ0v) is 9.27. The van der Waals surface area contributed by atoms with Crippen LogP contribution in [0, 0.1) is 11.6 Å². The number of aliphatic hydroxyl groups excluding tert-OH is 1. The highest BCUT2D eigenvalue weighted by Crippen LogP contribution is 2.19. The SMILES string of the molecule is Cn1ccnc1C(O)Cc1ccc(F)cc1F. The first-order chi connectivity index (χ1) is 8.08. The average molecular weight is 238 g/mol. The molecule has 1 atom stereocenters. The number of nitrogens with zero attached hydrogens (tertiary/aromatic N) is 2. The summed E-state index contributed by atoms with van der Waals surface area (Å²) in [4.78, 5) is 3.98. The number of imidazole rings is 1. The number of rotatable bonds is 3. The number of benzene rings is 1. The van der Waals surface area contributed by atoms with E-state index in [0.717, 1.165) is 6.07 Å². The van der Waals surface area contributed by atoms with Crippen LogP contribution in [0.5, 0.6) is 0 Å². The van der Waals surface area contributed by atoms with Gasteiger partial charge in [0.2, 0.25) is 0 Å². The van der Waals surface area contributed by atoms with E-state index in [4.69, 9.17) is 0 Å². The van der Waals surface area contributed by atoms with Gasteiger partial charge in [0.05, 0.1) is 0 Å². The Hall–Kier alpha value is -1.75. The van der Waals surface area contributed by atoms with E-state index in [-0.39, 0.29) is 12.0 Å². The molecule has 1 unspecified atom stereocenters. The number of hydrogen-bond donors (Lipinski definition) is 1. The lowest BCUT2D eigenvalue weighted by atomic mass is 10.1. The smallest absolute Gasteiger partial charge is 0.137 e. The summed E-state index contributed by atoms with van der Waals surface area (Å²) in [5, 5.41) is 9.89. The van der Waals surface area contributed by atoms with Gasteiger partial charge in [-0.2, -0.15) is 0 Å². The summed E-state index contributed by atoms with van der Waals surface area (Å²) in [5.74, 6) is -0.829. The van der Waals surface area contributed by atoms with Crippen molar-refractivity contribution in [1.82, 2.24) is 9.55 Å². The Labute approximate surface area is 97.3 Å². The van der Waals surface area contributed by atoms with Gasteiger partial charge in [-0.1, -0.05) is 6.07 Å². The van der Waals surface area contributed by atoms with Crippen LogP contribution in [0.3, 0.4) is 0 Å². The highest BCUT2D eigenvalue weighted by molar-refractivity contribution is 5.20.